The van der Waals surface area contributed by atoms with Crippen LogP contribution < -0.4 is 5.32 Å². The fraction of sp³-hybridized carbons (Fsp3) is 0.444. The zero-order valence-electron chi connectivity index (χ0n) is 12.5. The van der Waals surface area contributed by atoms with Crippen molar-refractivity contribution in [3.63, 3.8) is 0 Å². The molecule has 0 aromatic heterocycles. The maximum absolute atomic E-state index is 3.74. The average Bonchev–Trinajstić information content (AvgIpc) is 2.45. The molecule has 2 aromatic carbocycles. The Bertz CT molecular complexity index is 527. The number of hydrogen-bond acceptors (Lipinski definition) is 1. The van der Waals surface area contributed by atoms with E-state index in [9.17, 15) is 0 Å². The maximum atomic E-state index is 3.74. The van der Waals surface area contributed by atoms with Gasteiger partial charge in [-0.2, -0.15) is 0 Å². The zero-order valence-corrected chi connectivity index (χ0v) is 12.5. The van der Waals surface area contributed by atoms with E-state index < -0.39 is 0 Å². The minimum atomic E-state index is 0.384. The zero-order chi connectivity index (χ0) is 13.8. The summed E-state index contributed by atoms with van der Waals surface area (Å²) in [5.41, 5.74) is 1.40. The van der Waals surface area contributed by atoms with Gasteiger partial charge in [-0.15, -0.1) is 0 Å². The largest absolute Gasteiger partial charge is 0.307 e. The fourth-order valence-corrected chi connectivity index (χ4v) is 2.63. The molecule has 1 nitrogen and oxygen atoms in total. The van der Waals surface area contributed by atoms with Crippen LogP contribution in [0.2, 0.25) is 0 Å². The molecule has 19 heavy (non-hydrogen) atoms. The van der Waals surface area contributed by atoms with Crippen LogP contribution in [0, 0.1) is 5.92 Å². The van der Waals surface area contributed by atoms with Gasteiger partial charge in [0.1, 0.15) is 0 Å². The minimum absolute atomic E-state index is 0.384. The van der Waals surface area contributed by atoms with Crippen LogP contribution in [0.25, 0.3) is 10.8 Å². The van der Waals surface area contributed by atoms with Crippen molar-refractivity contribution in [2.45, 2.75) is 46.2 Å². The molecule has 2 rings (SSSR count). The molecule has 0 aliphatic carbocycles. The quantitative estimate of drug-likeness (QED) is 0.799. The van der Waals surface area contributed by atoms with Crippen LogP contribution >= 0.6 is 0 Å². The molecule has 0 radical (unpaired) electrons. The highest BCUT2D eigenvalue weighted by Gasteiger charge is 2.15. The second-order valence-corrected chi connectivity index (χ2v) is 5.63. The topological polar surface area (TPSA) is 12.0 Å². The molecule has 0 aliphatic rings. The average molecular weight is 255 g/mol. The van der Waals surface area contributed by atoms with Crippen LogP contribution in [-0.2, 0) is 0 Å². The Hall–Kier alpha value is -1.34. The van der Waals surface area contributed by atoms with Gasteiger partial charge >= 0.3 is 0 Å². The molecular weight excluding hydrogens is 230 g/mol. The number of fused-ring (bicyclic) bond motifs is 1. The van der Waals surface area contributed by atoms with Crippen molar-refractivity contribution in [2.75, 3.05) is 0 Å². The van der Waals surface area contributed by atoms with E-state index in [-0.39, 0.29) is 0 Å². The van der Waals surface area contributed by atoms with Gasteiger partial charge in [-0.25, -0.2) is 0 Å². The highest BCUT2D eigenvalue weighted by molar-refractivity contribution is 5.86. The molecule has 0 aliphatic heterocycles. The lowest BCUT2D eigenvalue weighted by Crippen LogP contribution is -2.34. The molecule has 0 spiro atoms. The first kappa shape index (κ1) is 14.1. The number of rotatable bonds is 5. The lowest BCUT2D eigenvalue weighted by Gasteiger charge is -2.25. The Kier molecular flexibility index (Phi) is 4.60. The van der Waals surface area contributed by atoms with Gasteiger partial charge in [0.15, 0.2) is 0 Å². The van der Waals surface area contributed by atoms with E-state index in [0.29, 0.717) is 18.0 Å². The van der Waals surface area contributed by atoms with Gasteiger partial charge in [-0.05, 0) is 36.1 Å². The van der Waals surface area contributed by atoms with Crippen molar-refractivity contribution in [3.8, 4) is 0 Å². The van der Waals surface area contributed by atoms with E-state index in [0.717, 1.165) is 0 Å². The number of benzene rings is 2. The van der Waals surface area contributed by atoms with Crippen LogP contribution in [0.3, 0.4) is 0 Å². The third kappa shape index (κ3) is 3.16. The van der Waals surface area contributed by atoms with E-state index in [1.54, 1.807) is 0 Å². The minimum Gasteiger partial charge on any atom is -0.307 e. The van der Waals surface area contributed by atoms with Gasteiger partial charge < -0.3 is 5.32 Å². The maximum Gasteiger partial charge on any atom is 0.0300 e. The molecule has 0 saturated carbocycles. The SMILES string of the molecule is CCC(C)C(C)NC(C)c1cccc2ccccc12. The summed E-state index contributed by atoms with van der Waals surface area (Å²) in [6.07, 6.45) is 1.22. The van der Waals surface area contributed by atoms with Crippen molar-refractivity contribution < 1.29 is 0 Å². The molecule has 3 atom stereocenters. The van der Waals surface area contributed by atoms with Crippen molar-refractivity contribution in [3.05, 3.63) is 48.0 Å². The van der Waals surface area contributed by atoms with Crippen molar-refractivity contribution >= 4 is 10.8 Å². The monoisotopic (exact) mass is 255 g/mol. The van der Waals surface area contributed by atoms with E-state index in [1.807, 2.05) is 0 Å². The molecule has 102 valence electrons. The predicted octanol–water partition coefficient (Wildman–Crippen LogP) is 4.93. The van der Waals surface area contributed by atoms with Crippen molar-refractivity contribution in [2.24, 2.45) is 5.92 Å². The van der Waals surface area contributed by atoms with E-state index in [1.165, 1.54) is 22.8 Å². The Morgan fingerprint density at radius 3 is 2.37 bits per heavy atom. The number of hydrogen-bond donors (Lipinski definition) is 1. The molecule has 3 unspecified atom stereocenters. The van der Waals surface area contributed by atoms with Gasteiger partial charge in [-0.3, -0.25) is 0 Å². The first-order valence-electron chi connectivity index (χ1n) is 7.37. The van der Waals surface area contributed by atoms with Crippen molar-refractivity contribution in [1.29, 1.82) is 0 Å². The number of nitrogens with one attached hydrogen (secondary N) is 1. The Morgan fingerprint density at radius 1 is 0.947 bits per heavy atom. The standard InChI is InChI=1S/C18H25N/c1-5-13(2)14(3)19-15(4)17-12-8-10-16-9-6-7-11-18(16)17/h6-15,19H,5H2,1-4H3. The third-order valence-electron chi connectivity index (χ3n) is 4.30. The van der Waals surface area contributed by atoms with Gasteiger partial charge in [-0.1, -0.05) is 62.7 Å². The van der Waals surface area contributed by atoms with E-state index in [2.05, 4.69) is 75.5 Å². The second-order valence-electron chi connectivity index (χ2n) is 5.63. The van der Waals surface area contributed by atoms with Gasteiger partial charge in [0, 0.05) is 12.1 Å². The molecule has 1 N–H and O–H groups in total. The van der Waals surface area contributed by atoms with Crippen LogP contribution in [0.5, 0.6) is 0 Å². The van der Waals surface area contributed by atoms with Gasteiger partial charge in [0.25, 0.3) is 0 Å². The molecule has 0 amide bonds. The highest BCUT2D eigenvalue weighted by atomic mass is 14.9. The molecule has 0 bridgehead atoms. The summed E-state index contributed by atoms with van der Waals surface area (Å²) in [4.78, 5) is 0. The predicted molar refractivity (Wildman–Crippen MR) is 84.4 cm³/mol. The van der Waals surface area contributed by atoms with Crippen LogP contribution in [0.1, 0.15) is 45.7 Å². The fourth-order valence-electron chi connectivity index (χ4n) is 2.63. The summed E-state index contributed by atoms with van der Waals surface area (Å²) in [7, 11) is 0. The summed E-state index contributed by atoms with van der Waals surface area (Å²) in [5, 5.41) is 6.43. The van der Waals surface area contributed by atoms with Gasteiger partial charge in [0.05, 0.1) is 0 Å². The van der Waals surface area contributed by atoms with E-state index >= 15 is 0 Å². The van der Waals surface area contributed by atoms with E-state index in [4.69, 9.17) is 0 Å². The Morgan fingerprint density at radius 2 is 1.63 bits per heavy atom. The lowest BCUT2D eigenvalue weighted by atomic mass is 9.96. The normalized spacial score (nSPS) is 16.2. The Balaban J connectivity index is 2.24. The van der Waals surface area contributed by atoms with Crippen LogP contribution in [0.4, 0.5) is 0 Å². The summed E-state index contributed by atoms with van der Waals surface area (Å²) in [6.45, 7) is 9.12. The smallest absolute Gasteiger partial charge is 0.0300 e. The summed E-state index contributed by atoms with van der Waals surface area (Å²) in [6, 6.07) is 16.1. The van der Waals surface area contributed by atoms with Crippen LogP contribution in [0.15, 0.2) is 42.5 Å². The summed E-state index contributed by atoms with van der Waals surface area (Å²) >= 11 is 0. The first-order valence-corrected chi connectivity index (χ1v) is 7.37. The molecular formula is C18H25N. The summed E-state index contributed by atoms with van der Waals surface area (Å²) in [5.74, 6) is 0.706. The van der Waals surface area contributed by atoms with Crippen molar-refractivity contribution in [1.82, 2.24) is 5.32 Å². The molecule has 1 heteroatoms. The molecule has 0 fully saturated rings. The van der Waals surface area contributed by atoms with Crippen LogP contribution in [-0.4, -0.2) is 6.04 Å². The highest BCUT2D eigenvalue weighted by Crippen LogP contribution is 2.25. The lowest BCUT2D eigenvalue weighted by molar-refractivity contribution is 0.361. The second kappa shape index (κ2) is 6.21. The summed E-state index contributed by atoms with van der Waals surface area (Å²) < 4.78 is 0. The van der Waals surface area contributed by atoms with Gasteiger partial charge in [0.2, 0.25) is 0 Å². The molecule has 0 saturated heterocycles. The molecule has 0 heterocycles. The third-order valence-corrected chi connectivity index (χ3v) is 4.30. The molecule has 2 aromatic rings. The first-order chi connectivity index (χ1) is 9.13. The Labute approximate surface area is 117 Å².